The topological polar surface area (TPSA) is 51.6 Å². The molecule has 0 fully saturated rings. The molecule has 0 aromatic carbocycles. The first-order valence-electron chi connectivity index (χ1n) is 7.64. The summed E-state index contributed by atoms with van der Waals surface area (Å²) < 4.78 is 0. The minimum absolute atomic E-state index is 0.919. The van der Waals surface area contributed by atoms with E-state index in [-0.39, 0.29) is 0 Å². The van der Waals surface area contributed by atoms with Crippen LogP contribution < -0.4 is 0 Å². The first kappa shape index (κ1) is 14.2. The maximum Gasteiger partial charge on any atom is 0.0788 e. The molecular weight excluding hydrogens is 296 g/mol. The first-order valence-corrected chi connectivity index (χ1v) is 7.64. The first-order chi connectivity index (χ1) is 11.9. The lowest BCUT2D eigenvalue weighted by Crippen LogP contribution is -1.93. The summed E-state index contributed by atoms with van der Waals surface area (Å²) in [5.41, 5.74) is 6.08. The van der Waals surface area contributed by atoms with Crippen molar-refractivity contribution in [3.05, 3.63) is 85.7 Å². The van der Waals surface area contributed by atoms with E-state index in [1.165, 1.54) is 0 Å². The lowest BCUT2D eigenvalue weighted by molar-refractivity contribution is 1.27. The highest BCUT2D eigenvalue weighted by atomic mass is 14.7. The van der Waals surface area contributed by atoms with Crippen LogP contribution >= 0.6 is 0 Å². The summed E-state index contributed by atoms with van der Waals surface area (Å²) in [4.78, 5) is 17.2. The molecule has 0 radical (unpaired) electrons. The Bertz CT molecular complexity index is 939. The van der Waals surface area contributed by atoms with Gasteiger partial charge in [-0.2, -0.15) is 0 Å². The number of hydrogen-bond acceptors (Lipinski definition) is 4. The van der Waals surface area contributed by atoms with Gasteiger partial charge in [0.15, 0.2) is 0 Å². The molecule has 4 rings (SSSR count). The van der Waals surface area contributed by atoms with Gasteiger partial charge >= 0.3 is 0 Å². The summed E-state index contributed by atoms with van der Waals surface area (Å²) in [6.07, 6.45) is 10.7. The highest BCUT2D eigenvalue weighted by molar-refractivity contribution is 5.82. The monoisotopic (exact) mass is 310 g/mol. The number of aromatic nitrogens is 4. The van der Waals surface area contributed by atoms with Crippen LogP contribution in [0.1, 0.15) is 0 Å². The van der Waals surface area contributed by atoms with E-state index in [0.29, 0.717) is 0 Å². The second-order valence-corrected chi connectivity index (χ2v) is 5.30. The quantitative estimate of drug-likeness (QED) is 0.567. The Kier molecular flexibility index (Phi) is 3.78. The average Bonchev–Trinajstić information content (AvgIpc) is 2.69. The number of rotatable bonds is 3. The van der Waals surface area contributed by atoms with Crippen LogP contribution in [0.25, 0.3) is 33.6 Å². The number of nitrogens with zero attached hydrogens (tertiary/aromatic N) is 4. The molecule has 4 heteroatoms. The van der Waals surface area contributed by atoms with Crippen LogP contribution in [0.5, 0.6) is 0 Å². The Hall–Kier alpha value is -3.40. The molecular formula is C20H14N4. The van der Waals surface area contributed by atoms with Crippen molar-refractivity contribution in [2.24, 2.45) is 0 Å². The van der Waals surface area contributed by atoms with Gasteiger partial charge in [-0.25, -0.2) is 4.98 Å². The SMILES string of the molecule is c1cc(-c2ccc(-c3ccncc3)c(-c3ccncc3)n2)ccn1. The van der Waals surface area contributed by atoms with Gasteiger partial charge in [0, 0.05) is 53.9 Å². The Morgan fingerprint density at radius 1 is 0.458 bits per heavy atom. The highest BCUT2D eigenvalue weighted by Crippen LogP contribution is 2.32. The van der Waals surface area contributed by atoms with Gasteiger partial charge in [0.05, 0.1) is 11.4 Å². The summed E-state index contributed by atoms with van der Waals surface area (Å²) in [6, 6.07) is 16.0. The maximum absolute atomic E-state index is 4.91. The van der Waals surface area contributed by atoms with Crippen LogP contribution in [0.15, 0.2) is 85.7 Å². The molecule has 0 unspecified atom stereocenters. The Morgan fingerprint density at radius 3 is 1.54 bits per heavy atom. The van der Waals surface area contributed by atoms with Crippen LogP contribution in [-0.4, -0.2) is 19.9 Å². The molecule has 0 atom stereocenters. The van der Waals surface area contributed by atoms with Crippen molar-refractivity contribution in [3.8, 4) is 33.6 Å². The normalized spacial score (nSPS) is 10.5. The second kappa shape index (κ2) is 6.38. The number of pyridine rings is 4. The van der Waals surface area contributed by atoms with Crippen molar-refractivity contribution < 1.29 is 0 Å². The maximum atomic E-state index is 4.91. The summed E-state index contributed by atoms with van der Waals surface area (Å²) in [5, 5.41) is 0. The molecule has 0 amide bonds. The minimum atomic E-state index is 0.919. The van der Waals surface area contributed by atoms with Crippen LogP contribution in [0.4, 0.5) is 0 Å². The van der Waals surface area contributed by atoms with Gasteiger partial charge in [0.2, 0.25) is 0 Å². The van der Waals surface area contributed by atoms with E-state index in [0.717, 1.165) is 33.6 Å². The third-order valence-corrected chi connectivity index (χ3v) is 3.82. The predicted octanol–water partition coefficient (Wildman–Crippen LogP) is 4.27. The minimum Gasteiger partial charge on any atom is -0.265 e. The zero-order valence-corrected chi connectivity index (χ0v) is 12.9. The standard InChI is InChI=1S/C20H14N4/c1-2-19(16-5-11-22-12-6-16)24-20(17-7-13-23-14-8-17)18(1)15-3-9-21-10-4-15/h1-14H. The van der Waals surface area contributed by atoms with E-state index < -0.39 is 0 Å². The van der Waals surface area contributed by atoms with Gasteiger partial charge in [0.25, 0.3) is 0 Å². The van der Waals surface area contributed by atoms with Crippen LogP contribution in [0, 0.1) is 0 Å². The predicted molar refractivity (Wildman–Crippen MR) is 93.9 cm³/mol. The average molecular weight is 310 g/mol. The zero-order chi connectivity index (χ0) is 16.2. The molecule has 0 saturated carbocycles. The van der Waals surface area contributed by atoms with Crippen molar-refractivity contribution >= 4 is 0 Å². The molecule has 0 aliphatic heterocycles. The van der Waals surface area contributed by atoms with Gasteiger partial charge in [0.1, 0.15) is 0 Å². The smallest absolute Gasteiger partial charge is 0.0788 e. The lowest BCUT2D eigenvalue weighted by Gasteiger charge is -2.11. The molecule has 0 saturated heterocycles. The van der Waals surface area contributed by atoms with Gasteiger partial charge in [-0.05, 0) is 48.0 Å². The van der Waals surface area contributed by atoms with Gasteiger partial charge < -0.3 is 0 Å². The van der Waals surface area contributed by atoms with E-state index >= 15 is 0 Å². The van der Waals surface area contributed by atoms with E-state index in [4.69, 9.17) is 4.98 Å². The van der Waals surface area contributed by atoms with Gasteiger partial charge in [-0.3, -0.25) is 15.0 Å². The Labute approximate surface area is 139 Å². The van der Waals surface area contributed by atoms with Crippen molar-refractivity contribution in [3.63, 3.8) is 0 Å². The van der Waals surface area contributed by atoms with Crippen LogP contribution in [0.3, 0.4) is 0 Å². The summed E-state index contributed by atoms with van der Waals surface area (Å²) in [7, 11) is 0. The molecule has 4 heterocycles. The van der Waals surface area contributed by atoms with Crippen molar-refractivity contribution in [2.45, 2.75) is 0 Å². The van der Waals surface area contributed by atoms with E-state index in [1.54, 1.807) is 37.2 Å². The fourth-order valence-corrected chi connectivity index (χ4v) is 2.64. The zero-order valence-electron chi connectivity index (χ0n) is 12.9. The molecule has 24 heavy (non-hydrogen) atoms. The van der Waals surface area contributed by atoms with Crippen LogP contribution in [-0.2, 0) is 0 Å². The molecule has 4 nitrogen and oxygen atoms in total. The Balaban J connectivity index is 1.92. The van der Waals surface area contributed by atoms with Gasteiger partial charge in [-0.1, -0.05) is 6.07 Å². The van der Waals surface area contributed by atoms with Gasteiger partial charge in [-0.15, -0.1) is 0 Å². The van der Waals surface area contributed by atoms with E-state index in [1.807, 2.05) is 42.5 Å². The van der Waals surface area contributed by atoms with Crippen molar-refractivity contribution in [1.82, 2.24) is 19.9 Å². The molecule has 0 N–H and O–H groups in total. The second-order valence-electron chi connectivity index (χ2n) is 5.30. The van der Waals surface area contributed by atoms with Crippen molar-refractivity contribution in [2.75, 3.05) is 0 Å². The molecule has 0 bridgehead atoms. The largest absolute Gasteiger partial charge is 0.265 e. The Morgan fingerprint density at radius 2 is 0.958 bits per heavy atom. The molecule has 114 valence electrons. The fourth-order valence-electron chi connectivity index (χ4n) is 2.64. The molecule has 4 aromatic heterocycles. The van der Waals surface area contributed by atoms with E-state index in [2.05, 4.69) is 21.0 Å². The highest BCUT2D eigenvalue weighted by Gasteiger charge is 2.11. The fraction of sp³-hybridized carbons (Fsp3) is 0. The molecule has 0 aliphatic rings. The lowest BCUT2D eigenvalue weighted by atomic mass is 9.99. The summed E-state index contributed by atoms with van der Waals surface area (Å²) in [6.45, 7) is 0. The third kappa shape index (κ3) is 2.77. The molecule has 0 aliphatic carbocycles. The van der Waals surface area contributed by atoms with E-state index in [9.17, 15) is 0 Å². The van der Waals surface area contributed by atoms with Crippen molar-refractivity contribution in [1.29, 1.82) is 0 Å². The third-order valence-electron chi connectivity index (χ3n) is 3.82. The molecule has 4 aromatic rings. The molecule has 0 spiro atoms. The van der Waals surface area contributed by atoms with Crippen LogP contribution in [0.2, 0.25) is 0 Å². The summed E-state index contributed by atoms with van der Waals surface area (Å²) in [5.74, 6) is 0. The summed E-state index contributed by atoms with van der Waals surface area (Å²) >= 11 is 0. The number of hydrogen-bond donors (Lipinski definition) is 0.